The normalized spacial score (nSPS) is 17.2. The Bertz CT molecular complexity index is 478. The van der Waals surface area contributed by atoms with E-state index in [1.165, 1.54) is 11.2 Å². The Morgan fingerprint density at radius 3 is 2.71 bits per heavy atom. The lowest BCUT2D eigenvalue weighted by molar-refractivity contribution is -0.123. The van der Waals surface area contributed by atoms with Gasteiger partial charge in [0.05, 0.1) is 18.4 Å². The Morgan fingerprint density at radius 2 is 2.10 bits per heavy atom. The number of carbonyl (C=O) groups is 2. The van der Waals surface area contributed by atoms with E-state index in [1.54, 1.807) is 19.2 Å². The molecule has 1 aromatic heterocycles. The van der Waals surface area contributed by atoms with E-state index >= 15 is 0 Å². The first-order valence-electron chi connectivity index (χ1n) is 7.28. The maximum atomic E-state index is 11.9. The summed E-state index contributed by atoms with van der Waals surface area (Å²) in [4.78, 5) is 25.1. The highest BCUT2D eigenvalue weighted by Gasteiger charge is 2.29. The fourth-order valence-electron chi connectivity index (χ4n) is 2.58. The molecule has 1 fully saturated rings. The summed E-state index contributed by atoms with van der Waals surface area (Å²) in [5.74, 6) is -0.417. The van der Waals surface area contributed by atoms with Crippen LogP contribution in [0.4, 0.5) is 0 Å². The average molecular weight is 294 g/mol. The van der Waals surface area contributed by atoms with Gasteiger partial charge < -0.3 is 19.7 Å². The van der Waals surface area contributed by atoms with Crippen LogP contribution in [-0.2, 0) is 4.79 Å². The molecule has 1 aromatic rings. The third kappa shape index (κ3) is 4.32. The van der Waals surface area contributed by atoms with Crippen LogP contribution in [0.2, 0.25) is 0 Å². The molecule has 2 N–H and O–H groups in total. The van der Waals surface area contributed by atoms with Crippen LogP contribution in [0.3, 0.4) is 0 Å². The number of aliphatic hydroxyl groups is 1. The van der Waals surface area contributed by atoms with Gasteiger partial charge in [-0.25, -0.2) is 0 Å². The van der Waals surface area contributed by atoms with Crippen molar-refractivity contribution in [3.63, 3.8) is 0 Å². The highest BCUT2D eigenvalue weighted by molar-refractivity contribution is 5.94. The van der Waals surface area contributed by atoms with Crippen molar-refractivity contribution in [2.45, 2.75) is 37.7 Å². The summed E-state index contributed by atoms with van der Waals surface area (Å²) >= 11 is 0. The maximum Gasteiger partial charge on any atom is 0.289 e. The summed E-state index contributed by atoms with van der Waals surface area (Å²) in [5.41, 5.74) is -0.794. The third-order valence-electron chi connectivity index (χ3n) is 3.86. The standard InChI is InChI=1S/C15H22N2O4/c1-17(14(19)12-6-5-9-21-12)10-13(18)16-11-15(20)7-3-2-4-8-15/h5-6,9,20H,2-4,7-8,10-11H2,1H3,(H,16,18). The fraction of sp³-hybridized carbons (Fsp3) is 0.600. The Hall–Kier alpha value is -1.82. The number of nitrogens with one attached hydrogen (secondary N) is 1. The monoisotopic (exact) mass is 294 g/mol. The van der Waals surface area contributed by atoms with Gasteiger partial charge in [-0.05, 0) is 25.0 Å². The number of hydrogen-bond donors (Lipinski definition) is 2. The number of hydrogen-bond acceptors (Lipinski definition) is 4. The van der Waals surface area contributed by atoms with E-state index in [4.69, 9.17) is 4.42 Å². The number of nitrogens with zero attached hydrogens (tertiary/aromatic N) is 1. The zero-order valence-electron chi connectivity index (χ0n) is 12.3. The highest BCUT2D eigenvalue weighted by atomic mass is 16.3. The molecule has 2 amide bonds. The van der Waals surface area contributed by atoms with Gasteiger partial charge in [0.2, 0.25) is 5.91 Å². The second kappa shape index (κ2) is 6.76. The van der Waals surface area contributed by atoms with Gasteiger partial charge in [-0.2, -0.15) is 0 Å². The van der Waals surface area contributed by atoms with Gasteiger partial charge in [0, 0.05) is 13.6 Å². The van der Waals surface area contributed by atoms with Crippen LogP contribution < -0.4 is 5.32 Å². The largest absolute Gasteiger partial charge is 0.459 e. The van der Waals surface area contributed by atoms with Gasteiger partial charge in [-0.1, -0.05) is 19.3 Å². The van der Waals surface area contributed by atoms with Crippen LogP contribution in [0.5, 0.6) is 0 Å². The van der Waals surface area contributed by atoms with E-state index in [2.05, 4.69) is 5.32 Å². The molecule has 1 saturated carbocycles. The molecule has 0 atom stereocenters. The molecule has 0 radical (unpaired) electrons. The third-order valence-corrected chi connectivity index (χ3v) is 3.86. The van der Waals surface area contributed by atoms with Crippen molar-refractivity contribution in [1.82, 2.24) is 10.2 Å². The lowest BCUT2D eigenvalue weighted by Crippen LogP contribution is -2.47. The first kappa shape index (κ1) is 15.6. The highest BCUT2D eigenvalue weighted by Crippen LogP contribution is 2.27. The number of rotatable bonds is 5. The Balaban J connectivity index is 1.77. The molecule has 2 rings (SSSR count). The molecule has 0 saturated heterocycles. The van der Waals surface area contributed by atoms with Crippen LogP contribution in [0.25, 0.3) is 0 Å². The lowest BCUT2D eigenvalue weighted by Gasteiger charge is -2.32. The summed E-state index contributed by atoms with van der Waals surface area (Å²) in [7, 11) is 1.54. The Morgan fingerprint density at radius 1 is 1.38 bits per heavy atom. The molecule has 0 aromatic carbocycles. The van der Waals surface area contributed by atoms with E-state index in [0.717, 1.165) is 19.3 Å². The molecular weight excluding hydrogens is 272 g/mol. The van der Waals surface area contributed by atoms with Crippen molar-refractivity contribution in [2.75, 3.05) is 20.1 Å². The van der Waals surface area contributed by atoms with Crippen molar-refractivity contribution < 1.29 is 19.1 Å². The van der Waals surface area contributed by atoms with Gasteiger partial charge in [-0.15, -0.1) is 0 Å². The van der Waals surface area contributed by atoms with Crippen LogP contribution in [0.1, 0.15) is 42.7 Å². The lowest BCUT2D eigenvalue weighted by atomic mass is 9.85. The van der Waals surface area contributed by atoms with Gasteiger partial charge in [0.15, 0.2) is 5.76 Å². The first-order valence-corrected chi connectivity index (χ1v) is 7.28. The van der Waals surface area contributed by atoms with Gasteiger partial charge in [-0.3, -0.25) is 9.59 Å². The topological polar surface area (TPSA) is 82.8 Å². The second-order valence-corrected chi connectivity index (χ2v) is 5.70. The van der Waals surface area contributed by atoms with Crippen molar-refractivity contribution in [3.05, 3.63) is 24.2 Å². The minimum absolute atomic E-state index is 0.0599. The molecular formula is C15H22N2O4. The van der Waals surface area contributed by atoms with Crippen LogP contribution in [-0.4, -0.2) is 47.6 Å². The first-order chi connectivity index (χ1) is 10.0. The zero-order chi connectivity index (χ0) is 15.3. The Kier molecular flexibility index (Phi) is 5.01. The van der Waals surface area contributed by atoms with E-state index in [0.29, 0.717) is 12.8 Å². The molecule has 1 aliphatic rings. The summed E-state index contributed by atoms with van der Waals surface area (Å²) < 4.78 is 5.01. The summed E-state index contributed by atoms with van der Waals surface area (Å²) in [6.45, 7) is 0.185. The van der Waals surface area contributed by atoms with Crippen LogP contribution in [0, 0.1) is 0 Å². The molecule has 6 heteroatoms. The van der Waals surface area contributed by atoms with Gasteiger partial charge in [0.25, 0.3) is 5.91 Å². The SMILES string of the molecule is CN(CC(=O)NCC1(O)CCCCC1)C(=O)c1ccco1. The van der Waals surface area contributed by atoms with Crippen molar-refractivity contribution in [1.29, 1.82) is 0 Å². The molecule has 116 valence electrons. The number of furan rings is 1. The molecule has 21 heavy (non-hydrogen) atoms. The molecule has 1 aliphatic carbocycles. The van der Waals surface area contributed by atoms with Gasteiger partial charge in [0.1, 0.15) is 0 Å². The minimum Gasteiger partial charge on any atom is -0.459 e. The van der Waals surface area contributed by atoms with E-state index in [1.807, 2.05) is 0 Å². The number of amides is 2. The molecule has 0 aliphatic heterocycles. The predicted octanol–water partition coefficient (Wildman–Crippen LogP) is 1.16. The van der Waals surface area contributed by atoms with E-state index in [9.17, 15) is 14.7 Å². The van der Waals surface area contributed by atoms with Gasteiger partial charge >= 0.3 is 0 Å². The number of carbonyl (C=O) groups excluding carboxylic acids is 2. The molecule has 6 nitrogen and oxygen atoms in total. The second-order valence-electron chi connectivity index (χ2n) is 5.70. The summed E-state index contributed by atoms with van der Waals surface area (Å²) in [6.07, 6.45) is 5.96. The van der Waals surface area contributed by atoms with Crippen molar-refractivity contribution >= 4 is 11.8 Å². The number of likely N-dealkylation sites (N-methyl/N-ethyl adjacent to an activating group) is 1. The maximum absolute atomic E-state index is 11.9. The molecule has 0 bridgehead atoms. The predicted molar refractivity (Wildman–Crippen MR) is 76.7 cm³/mol. The fourth-order valence-corrected chi connectivity index (χ4v) is 2.58. The van der Waals surface area contributed by atoms with Crippen LogP contribution >= 0.6 is 0 Å². The minimum atomic E-state index is -0.794. The van der Waals surface area contributed by atoms with Crippen molar-refractivity contribution in [3.8, 4) is 0 Å². The van der Waals surface area contributed by atoms with Crippen LogP contribution in [0.15, 0.2) is 22.8 Å². The summed E-state index contributed by atoms with van der Waals surface area (Å²) in [5, 5.41) is 13.0. The molecule has 0 spiro atoms. The zero-order valence-corrected chi connectivity index (χ0v) is 12.3. The smallest absolute Gasteiger partial charge is 0.289 e. The quantitative estimate of drug-likeness (QED) is 0.854. The average Bonchev–Trinajstić information content (AvgIpc) is 2.99. The Labute approximate surface area is 124 Å². The molecule has 1 heterocycles. The van der Waals surface area contributed by atoms with E-state index < -0.39 is 5.60 Å². The van der Waals surface area contributed by atoms with E-state index in [-0.39, 0.29) is 30.7 Å². The van der Waals surface area contributed by atoms with Crippen molar-refractivity contribution in [2.24, 2.45) is 0 Å². The molecule has 0 unspecified atom stereocenters. The summed E-state index contributed by atoms with van der Waals surface area (Å²) in [6, 6.07) is 3.18.